The first kappa shape index (κ1) is 14.3. The average molecular weight is 291 g/mol. The summed E-state index contributed by atoms with van der Waals surface area (Å²) in [4.78, 5) is 22.6. The summed E-state index contributed by atoms with van der Waals surface area (Å²) in [5.41, 5.74) is -3.49. The van der Waals surface area contributed by atoms with Crippen LogP contribution in [0.25, 0.3) is 0 Å². The van der Waals surface area contributed by atoms with Gasteiger partial charge in [-0.1, -0.05) is 0 Å². The molecule has 8 heteroatoms. The van der Waals surface area contributed by atoms with Gasteiger partial charge < -0.3 is 10.4 Å². The third kappa shape index (κ3) is 2.59. The lowest BCUT2D eigenvalue weighted by molar-refractivity contribution is -0.140. The monoisotopic (exact) mass is 291 g/mol. The number of halogens is 4. The van der Waals surface area contributed by atoms with Crippen molar-refractivity contribution in [2.45, 2.75) is 24.6 Å². The number of amides is 1. The predicted molar refractivity (Wildman–Crippen MR) is 58.5 cm³/mol. The zero-order valence-corrected chi connectivity index (χ0v) is 9.92. The van der Waals surface area contributed by atoms with Gasteiger partial charge in [0.1, 0.15) is 11.4 Å². The zero-order chi connectivity index (χ0) is 15.1. The molecular weight excluding hydrogens is 282 g/mol. The maximum atomic E-state index is 13.4. The first-order valence-corrected chi connectivity index (χ1v) is 5.58. The molecule has 1 aromatic rings. The summed E-state index contributed by atoms with van der Waals surface area (Å²) in [7, 11) is 0. The summed E-state index contributed by atoms with van der Waals surface area (Å²) in [5, 5.41) is 10.9. The second-order valence-electron chi connectivity index (χ2n) is 4.53. The van der Waals surface area contributed by atoms with Crippen molar-refractivity contribution < 1.29 is 32.3 Å². The molecule has 0 aromatic heterocycles. The minimum Gasteiger partial charge on any atom is -0.480 e. The molecule has 1 amide bonds. The quantitative estimate of drug-likeness (QED) is 0.839. The van der Waals surface area contributed by atoms with Crippen LogP contribution in [0.2, 0.25) is 0 Å². The third-order valence-electron chi connectivity index (χ3n) is 3.05. The molecule has 0 radical (unpaired) electrons. The second-order valence-corrected chi connectivity index (χ2v) is 4.53. The van der Waals surface area contributed by atoms with E-state index in [0.717, 1.165) is 0 Å². The summed E-state index contributed by atoms with van der Waals surface area (Å²) < 4.78 is 50.9. The van der Waals surface area contributed by atoms with E-state index in [2.05, 4.69) is 5.32 Å². The number of nitrogens with one attached hydrogen (secondary N) is 1. The van der Waals surface area contributed by atoms with E-state index in [4.69, 9.17) is 5.11 Å². The molecule has 0 bridgehead atoms. The van der Waals surface area contributed by atoms with Crippen molar-refractivity contribution in [1.82, 2.24) is 5.32 Å². The number of rotatable bonds is 3. The molecule has 108 valence electrons. The van der Waals surface area contributed by atoms with Crippen LogP contribution < -0.4 is 5.32 Å². The number of hydrogen-bond donors (Lipinski definition) is 2. The van der Waals surface area contributed by atoms with Gasteiger partial charge in [-0.15, -0.1) is 0 Å². The topological polar surface area (TPSA) is 66.4 Å². The Kier molecular flexibility index (Phi) is 3.19. The van der Waals surface area contributed by atoms with E-state index in [0.29, 0.717) is 18.2 Å². The molecule has 1 aliphatic carbocycles. The van der Waals surface area contributed by atoms with Gasteiger partial charge >= 0.3 is 12.1 Å². The van der Waals surface area contributed by atoms with Crippen LogP contribution in [0.4, 0.5) is 17.6 Å². The molecule has 0 atom stereocenters. The molecule has 0 saturated heterocycles. The Morgan fingerprint density at radius 1 is 1.25 bits per heavy atom. The molecule has 2 rings (SSSR count). The molecule has 1 saturated carbocycles. The molecule has 0 spiro atoms. The normalized spacial score (nSPS) is 16.6. The standard InChI is InChI=1S/C12H9F4NO3/c13-8-2-1-6(12(14,15)16)5-7(8)9(18)17-11(3-4-11)10(19)20/h1-2,5H,3-4H2,(H,17,18)(H,19,20). The van der Waals surface area contributed by atoms with E-state index < -0.39 is 40.5 Å². The van der Waals surface area contributed by atoms with Gasteiger partial charge in [-0.25, -0.2) is 9.18 Å². The highest BCUT2D eigenvalue weighted by molar-refractivity contribution is 5.99. The van der Waals surface area contributed by atoms with Gasteiger partial charge in [0, 0.05) is 0 Å². The molecule has 0 aliphatic heterocycles. The zero-order valence-electron chi connectivity index (χ0n) is 9.92. The highest BCUT2D eigenvalue weighted by Gasteiger charge is 2.52. The number of aliphatic carboxylic acids is 1. The van der Waals surface area contributed by atoms with Crippen molar-refractivity contribution >= 4 is 11.9 Å². The Morgan fingerprint density at radius 3 is 2.30 bits per heavy atom. The Bertz CT molecular complexity index is 579. The lowest BCUT2D eigenvalue weighted by Crippen LogP contribution is -2.43. The maximum Gasteiger partial charge on any atom is 0.416 e. The van der Waals surface area contributed by atoms with Crippen LogP contribution in [-0.4, -0.2) is 22.5 Å². The fourth-order valence-corrected chi connectivity index (χ4v) is 1.68. The van der Waals surface area contributed by atoms with Crippen LogP contribution in [0, 0.1) is 5.82 Å². The van der Waals surface area contributed by atoms with Crippen molar-refractivity contribution in [3.05, 3.63) is 35.1 Å². The van der Waals surface area contributed by atoms with Crippen molar-refractivity contribution in [1.29, 1.82) is 0 Å². The largest absolute Gasteiger partial charge is 0.480 e. The number of carboxylic acids is 1. The Labute approximate surface area is 110 Å². The number of carbonyl (C=O) groups is 2. The molecule has 0 heterocycles. The van der Waals surface area contributed by atoms with Crippen molar-refractivity contribution in [2.24, 2.45) is 0 Å². The SMILES string of the molecule is O=C(NC1(C(=O)O)CC1)c1cc(C(F)(F)F)ccc1F. The molecule has 20 heavy (non-hydrogen) atoms. The smallest absolute Gasteiger partial charge is 0.416 e. The fourth-order valence-electron chi connectivity index (χ4n) is 1.68. The molecule has 1 aliphatic rings. The minimum atomic E-state index is -4.72. The maximum absolute atomic E-state index is 13.4. The summed E-state index contributed by atoms with van der Waals surface area (Å²) in [6, 6.07) is 1.40. The van der Waals surface area contributed by atoms with E-state index in [1.807, 2.05) is 0 Å². The van der Waals surface area contributed by atoms with Crippen LogP contribution >= 0.6 is 0 Å². The van der Waals surface area contributed by atoms with Crippen LogP contribution in [0.3, 0.4) is 0 Å². The van der Waals surface area contributed by atoms with Crippen LogP contribution in [0.15, 0.2) is 18.2 Å². The first-order valence-electron chi connectivity index (χ1n) is 5.58. The molecule has 0 unspecified atom stereocenters. The number of hydrogen-bond acceptors (Lipinski definition) is 2. The van der Waals surface area contributed by atoms with E-state index in [1.54, 1.807) is 0 Å². The van der Waals surface area contributed by atoms with Gasteiger partial charge in [-0.05, 0) is 31.0 Å². The summed E-state index contributed by atoms with van der Waals surface area (Å²) in [6.07, 6.45) is -4.39. The average Bonchev–Trinajstić information content (AvgIpc) is 3.08. The van der Waals surface area contributed by atoms with E-state index in [-0.39, 0.29) is 12.8 Å². The second kappa shape index (κ2) is 4.46. The molecule has 1 fully saturated rings. The summed E-state index contributed by atoms with van der Waals surface area (Å²) >= 11 is 0. The molecular formula is C12H9F4NO3. The number of benzene rings is 1. The lowest BCUT2D eigenvalue weighted by Gasteiger charge is -2.14. The highest BCUT2D eigenvalue weighted by Crippen LogP contribution is 2.36. The summed E-state index contributed by atoms with van der Waals surface area (Å²) in [5.74, 6) is -3.61. The third-order valence-corrected chi connectivity index (χ3v) is 3.05. The Balaban J connectivity index is 2.28. The van der Waals surface area contributed by atoms with Crippen molar-refractivity contribution in [2.75, 3.05) is 0 Å². The van der Waals surface area contributed by atoms with Crippen molar-refractivity contribution in [3.8, 4) is 0 Å². The molecule has 4 nitrogen and oxygen atoms in total. The molecule has 2 N–H and O–H groups in total. The van der Waals surface area contributed by atoms with Gasteiger partial charge in [-0.3, -0.25) is 4.79 Å². The minimum absolute atomic E-state index is 0.161. The van der Waals surface area contributed by atoms with Crippen LogP contribution in [0.1, 0.15) is 28.8 Å². The van der Waals surface area contributed by atoms with Gasteiger partial charge in [-0.2, -0.15) is 13.2 Å². The van der Waals surface area contributed by atoms with E-state index >= 15 is 0 Å². The van der Waals surface area contributed by atoms with Gasteiger partial charge in [0.05, 0.1) is 11.1 Å². The number of carbonyl (C=O) groups excluding carboxylic acids is 1. The van der Waals surface area contributed by atoms with E-state index in [9.17, 15) is 27.2 Å². The van der Waals surface area contributed by atoms with Gasteiger partial charge in [0.25, 0.3) is 5.91 Å². The van der Waals surface area contributed by atoms with Crippen LogP contribution in [0.5, 0.6) is 0 Å². The molecule has 1 aromatic carbocycles. The van der Waals surface area contributed by atoms with Gasteiger partial charge in [0.15, 0.2) is 0 Å². The summed E-state index contributed by atoms with van der Waals surface area (Å²) in [6.45, 7) is 0. The van der Waals surface area contributed by atoms with Crippen molar-refractivity contribution in [3.63, 3.8) is 0 Å². The fraction of sp³-hybridized carbons (Fsp3) is 0.333. The lowest BCUT2D eigenvalue weighted by atomic mass is 10.1. The number of carboxylic acid groups (broad SMARTS) is 1. The number of alkyl halides is 3. The predicted octanol–water partition coefficient (Wildman–Crippen LogP) is 2.19. The van der Waals surface area contributed by atoms with Gasteiger partial charge in [0.2, 0.25) is 0 Å². The van der Waals surface area contributed by atoms with E-state index in [1.165, 1.54) is 0 Å². The van der Waals surface area contributed by atoms with Crippen LogP contribution in [-0.2, 0) is 11.0 Å². The Hall–Kier alpha value is -2.12. The first-order chi connectivity index (χ1) is 9.16. The Morgan fingerprint density at radius 2 is 1.85 bits per heavy atom. The highest BCUT2D eigenvalue weighted by atomic mass is 19.4.